The number of hydrogen-bond acceptors (Lipinski definition) is 4. The molecule has 19 heavy (non-hydrogen) atoms. The number of rotatable bonds is 7. The average molecular weight is 266 g/mol. The molecule has 0 aromatic heterocycles. The van der Waals surface area contributed by atoms with Crippen molar-refractivity contribution in [3.63, 3.8) is 0 Å². The van der Waals surface area contributed by atoms with Gasteiger partial charge in [0.05, 0.1) is 14.2 Å². The van der Waals surface area contributed by atoms with E-state index in [1.165, 1.54) is 14.2 Å². The van der Waals surface area contributed by atoms with E-state index in [4.69, 9.17) is 14.6 Å². The van der Waals surface area contributed by atoms with Gasteiger partial charge in [-0.2, -0.15) is 0 Å². The number of carboxylic acids is 1. The molecule has 1 N–H and O–H groups in total. The van der Waals surface area contributed by atoms with Gasteiger partial charge in [-0.05, 0) is 25.5 Å². The molecule has 0 radical (unpaired) electrons. The quantitative estimate of drug-likeness (QED) is 0.767. The molecule has 104 valence electrons. The fraction of sp³-hybridized carbons (Fsp3) is 0.429. The molecule has 0 fully saturated rings. The minimum absolute atomic E-state index is 0.00806. The number of methoxy groups -OCH3 is 2. The summed E-state index contributed by atoms with van der Waals surface area (Å²) in [6.45, 7) is 1.84. The van der Waals surface area contributed by atoms with Gasteiger partial charge in [0.2, 0.25) is 0 Å². The molecule has 0 aliphatic heterocycles. The highest BCUT2D eigenvalue weighted by atomic mass is 16.5. The van der Waals surface area contributed by atoms with Gasteiger partial charge in [0.15, 0.2) is 5.78 Å². The summed E-state index contributed by atoms with van der Waals surface area (Å²) >= 11 is 0. The zero-order valence-corrected chi connectivity index (χ0v) is 11.4. The Hall–Kier alpha value is -2.04. The van der Waals surface area contributed by atoms with E-state index in [0.717, 1.165) is 5.56 Å². The maximum absolute atomic E-state index is 12.0. The van der Waals surface area contributed by atoms with Gasteiger partial charge >= 0.3 is 5.97 Å². The van der Waals surface area contributed by atoms with Crippen molar-refractivity contribution in [2.75, 3.05) is 14.2 Å². The van der Waals surface area contributed by atoms with Crippen LogP contribution in [0.1, 0.15) is 35.2 Å². The van der Waals surface area contributed by atoms with Crippen LogP contribution in [0.15, 0.2) is 12.1 Å². The lowest BCUT2D eigenvalue weighted by Gasteiger charge is -2.12. The predicted octanol–water partition coefficient (Wildman–Crippen LogP) is 2.45. The van der Waals surface area contributed by atoms with Crippen LogP contribution in [0.4, 0.5) is 0 Å². The maximum atomic E-state index is 12.0. The van der Waals surface area contributed by atoms with Crippen LogP contribution in [0.5, 0.6) is 11.5 Å². The monoisotopic (exact) mass is 266 g/mol. The van der Waals surface area contributed by atoms with Gasteiger partial charge in [0, 0.05) is 24.0 Å². The van der Waals surface area contributed by atoms with Crippen LogP contribution in [0.2, 0.25) is 0 Å². The molecule has 0 saturated heterocycles. The van der Waals surface area contributed by atoms with E-state index in [1.54, 1.807) is 12.1 Å². The standard InChI is InChI=1S/C14H18O5/c1-9-12(18-2)7-10(8-13(9)19-3)11(15)5-4-6-14(16)17/h7-8H,4-6H2,1-3H3,(H,16,17). The van der Waals surface area contributed by atoms with Crippen LogP contribution >= 0.6 is 0 Å². The molecule has 1 aromatic carbocycles. The van der Waals surface area contributed by atoms with Crippen LogP contribution in [0.3, 0.4) is 0 Å². The van der Waals surface area contributed by atoms with Gasteiger partial charge in [-0.15, -0.1) is 0 Å². The number of hydrogen-bond donors (Lipinski definition) is 1. The molecule has 0 saturated carbocycles. The number of Topliss-reactive ketones (excluding diaryl/α,β-unsaturated/α-hetero) is 1. The van der Waals surface area contributed by atoms with E-state index in [2.05, 4.69) is 0 Å². The van der Waals surface area contributed by atoms with Crippen molar-refractivity contribution >= 4 is 11.8 Å². The second-order valence-electron chi connectivity index (χ2n) is 4.18. The molecule has 0 unspecified atom stereocenters. The van der Waals surface area contributed by atoms with Crippen molar-refractivity contribution in [1.29, 1.82) is 0 Å². The largest absolute Gasteiger partial charge is 0.496 e. The summed E-state index contributed by atoms with van der Waals surface area (Å²) in [5, 5.41) is 8.55. The molecule has 0 spiro atoms. The van der Waals surface area contributed by atoms with Crippen LogP contribution < -0.4 is 9.47 Å². The Kier molecular flexibility index (Phi) is 5.36. The SMILES string of the molecule is COc1cc(C(=O)CCCC(=O)O)cc(OC)c1C. The van der Waals surface area contributed by atoms with E-state index in [0.29, 0.717) is 23.5 Å². The first-order valence-electron chi connectivity index (χ1n) is 5.97. The van der Waals surface area contributed by atoms with Gasteiger partial charge in [0.25, 0.3) is 0 Å². The molecule has 5 heteroatoms. The lowest BCUT2D eigenvalue weighted by atomic mass is 10.0. The van der Waals surface area contributed by atoms with Crippen molar-refractivity contribution in [3.05, 3.63) is 23.3 Å². The Bertz CT molecular complexity index is 454. The summed E-state index contributed by atoms with van der Waals surface area (Å²) in [5.74, 6) is 0.159. The summed E-state index contributed by atoms with van der Waals surface area (Å²) in [6, 6.07) is 3.31. The lowest BCUT2D eigenvalue weighted by Crippen LogP contribution is -2.04. The first-order chi connectivity index (χ1) is 8.99. The summed E-state index contributed by atoms with van der Waals surface area (Å²) in [7, 11) is 3.06. The van der Waals surface area contributed by atoms with Gasteiger partial charge < -0.3 is 14.6 Å². The van der Waals surface area contributed by atoms with Gasteiger partial charge in [-0.1, -0.05) is 0 Å². The zero-order valence-electron chi connectivity index (χ0n) is 11.4. The Balaban J connectivity index is 2.87. The van der Waals surface area contributed by atoms with E-state index >= 15 is 0 Å². The summed E-state index contributed by atoms with van der Waals surface area (Å²) in [6.07, 6.45) is 0.514. The van der Waals surface area contributed by atoms with Crippen LogP contribution in [-0.4, -0.2) is 31.1 Å². The second-order valence-corrected chi connectivity index (χ2v) is 4.18. The van der Waals surface area contributed by atoms with Gasteiger partial charge in [-0.25, -0.2) is 0 Å². The predicted molar refractivity (Wildman–Crippen MR) is 70.1 cm³/mol. The Labute approximate surface area is 112 Å². The molecule has 0 atom stereocenters. The number of aliphatic carboxylic acids is 1. The van der Waals surface area contributed by atoms with Crippen molar-refractivity contribution in [2.24, 2.45) is 0 Å². The Morgan fingerprint density at radius 3 is 2.05 bits per heavy atom. The van der Waals surface area contributed by atoms with E-state index in [9.17, 15) is 9.59 Å². The van der Waals surface area contributed by atoms with Gasteiger partial charge in [0.1, 0.15) is 11.5 Å². The molecule has 0 heterocycles. The van der Waals surface area contributed by atoms with Crippen molar-refractivity contribution in [1.82, 2.24) is 0 Å². The molecule has 0 aliphatic rings. The maximum Gasteiger partial charge on any atom is 0.303 e. The van der Waals surface area contributed by atoms with Crippen LogP contribution in [-0.2, 0) is 4.79 Å². The van der Waals surface area contributed by atoms with Crippen molar-refractivity contribution < 1.29 is 24.2 Å². The number of carboxylic acid groups (broad SMARTS) is 1. The Morgan fingerprint density at radius 2 is 1.63 bits per heavy atom. The third-order valence-electron chi connectivity index (χ3n) is 2.87. The molecule has 1 rings (SSSR count). The summed E-state index contributed by atoms with van der Waals surface area (Å²) in [5.41, 5.74) is 1.30. The molecule has 5 nitrogen and oxygen atoms in total. The highest BCUT2D eigenvalue weighted by molar-refractivity contribution is 5.97. The molecule has 0 amide bonds. The lowest BCUT2D eigenvalue weighted by molar-refractivity contribution is -0.137. The highest BCUT2D eigenvalue weighted by Crippen LogP contribution is 2.30. The number of carbonyl (C=O) groups excluding carboxylic acids is 1. The number of ether oxygens (including phenoxy) is 2. The average Bonchev–Trinajstić information content (AvgIpc) is 2.38. The molecule has 1 aromatic rings. The zero-order chi connectivity index (χ0) is 14.4. The third kappa shape index (κ3) is 3.98. The fourth-order valence-electron chi connectivity index (χ4n) is 1.79. The molecule has 0 aliphatic carbocycles. The van der Waals surface area contributed by atoms with E-state index < -0.39 is 5.97 Å². The smallest absolute Gasteiger partial charge is 0.303 e. The minimum atomic E-state index is -0.896. The van der Waals surface area contributed by atoms with E-state index in [-0.39, 0.29) is 18.6 Å². The number of benzene rings is 1. The first kappa shape index (κ1) is 15.0. The normalized spacial score (nSPS) is 10.1. The van der Waals surface area contributed by atoms with Crippen molar-refractivity contribution in [2.45, 2.75) is 26.2 Å². The summed E-state index contributed by atoms with van der Waals surface area (Å²) in [4.78, 5) is 22.4. The molecular formula is C14H18O5. The van der Waals surface area contributed by atoms with Crippen molar-refractivity contribution in [3.8, 4) is 11.5 Å². The number of carbonyl (C=O) groups is 2. The third-order valence-corrected chi connectivity index (χ3v) is 2.87. The van der Waals surface area contributed by atoms with Crippen LogP contribution in [0.25, 0.3) is 0 Å². The van der Waals surface area contributed by atoms with Crippen LogP contribution in [0, 0.1) is 6.92 Å². The Morgan fingerprint density at radius 1 is 1.11 bits per heavy atom. The molecule has 0 bridgehead atoms. The highest BCUT2D eigenvalue weighted by Gasteiger charge is 2.13. The second kappa shape index (κ2) is 6.78. The molecular weight excluding hydrogens is 248 g/mol. The van der Waals surface area contributed by atoms with Gasteiger partial charge in [-0.3, -0.25) is 9.59 Å². The van der Waals surface area contributed by atoms with E-state index in [1.807, 2.05) is 6.92 Å². The minimum Gasteiger partial charge on any atom is -0.496 e. The fourth-order valence-corrected chi connectivity index (χ4v) is 1.79. The summed E-state index contributed by atoms with van der Waals surface area (Å²) < 4.78 is 10.4. The first-order valence-corrected chi connectivity index (χ1v) is 5.97. The number of ketones is 1. The topological polar surface area (TPSA) is 72.8 Å².